The molecule has 0 aliphatic carbocycles. The van der Waals surface area contributed by atoms with Crippen molar-refractivity contribution in [1.82, 2.24) is 44.3 Å². The van der Waals surface area contributed by atoms with E-state index in [1.165, 1.54) is 6.33 Å². The smallest absolute Gasteiger partial charge is 0.147 e. The maximum absolute atomic E-state index is 3.92. The Kier molecular flexibility index (Phi) is 6.18. The highest BCUT2D eigenvalue weighted by Crippen LogP contribution is 1.83. The zero-order valence-electron chi connectivity index (χ0n) is 13.3. The largest absolute Gasteiger partial charge is 0.321 e. The summed E-state index contributed by atoms with van der Waals surface area (Å²) in [5, 5.41) is 15.1. The van der Waals surface area contributed by atoms with E-state index in [2.05, 4.69) is 30.4 Å². The Balaban J connectivity index is 0.000000157. The molecule has 0 N–H and O–H groups in total. The van der Waals surface area contributed by atoms with Gasteiger partial charge in [0.25, 0.3) is 0 Å². The Labute approximate surface area is 123 Å². The highest BCUT2D eigenvalue weighted by molar-refractivity contribution is 4.76. The van der Waals surface area contributed by atoms with Crippen LogP contribution in [0.25, 0.3) is 0 Å². The van der Waals surface area contributed by atoms with Gasteiger partial charge < -0.3 is 4.57 Å². The van der Waals surface area contributed by atoms with Gasteiger partial charge in [-0.3, -0.25) is 9.36 Å². The molecule has 0 fully saturated rings. The Morgan fingerprint density at radius 3 is 1.76 bits per heavy atom. The Bertz CT molecular complexity index is 561. The van der Waals surface area contributed by atoms with Gasteiger partial charge in [-0.25, -0.2) is 9.97 Å². The normalized spacial score (nSPS) is 9.43. The average molecular weight is 291 g/mol. The first-order valence-corrected chi connectivity index (χ1v) is 6.33. The molecule has 21 heavy (non-hydrogen) atoms. The lowest BCUT2D eigenvalue weighted by molar-refractivity contribution is 0.734. The summed E-state index contributed by atoms with van der Waals surface area (Å²) in [7, 11) is 5.62. The molecule has 0 radical (unpaired) electrons. The molecule has 3 aromatic heterocycles. The van der Waals surface area contributed by atoms with Crippen molar-refractivity contribution in [3.05, 3.63) is 36.5 Å². The lowest BCUT2D eigenvalue weighted by Gasteiger charge is -1.84. The van der Waals surface area contributed by atoms with Gasteiger partial charge in [0.1, 0.15) is 36.5 Å². The van der Waals surface area contributed by atoms with Gasteiger partial charge in [-0.2, -0.15) is 10.2 Å². The third-order valence-electron chi connectivity index (χ3n) is 2.59. The van der Waals surface area contributed by atoms with Crippen LogP contribution in [0.4, 0.5) is 0 Å². The van der Waals surface area contributed by atoms with E-state index in [9.17, 15) is 0 Å². The topological polar surface area (TPSA) is 92.1 Å². The summed E-state index contributed by atoms with van der Waals surface area (Å²) in [6.45, 7) is 5.68. The molecule has 0 spiro atoms. The highest BCUT2D eigenvalue weighted by Gasteiger charge is 1.86. The van der Waals surface area contributed by atoms with Crippen LogP contribution in [0, 0.1) is 20.8 Å². The van der Waals surface area contributed by atoms with Crippen LogP contribution < -0.4 is 0 Å². The number of aromatic nitrogens is 9. The zero-order valence-corrected chi connectivity index (χ0v) is 13.3. The minimum Gasteiger partial charge on any atom is -0.321 e. The third kappa shape index (κ3) is 5.93. The molecular weight excluding hydrogens is 270 g/mol. The van der Waals surface area contributed by atoms with Crippen molar-refractivity contribution in [2.45, 2.75) is 20.8 Å². The number of nitrogens with zero attached hydrogens (tertiary/aromatic N) is 9. The first-order chi connectivity index (χ1) is 9.90. The number of rotatable bonds is 0. The molecule has 9 nitrogen and oxygen atoms in total. The van der Waals surface area contributed by atoms with Gasteiger partial charge in [-0.1, -0.05) is 0 Å². The van der Waals surface area contributed by atoms with E-state index in [4.69, 9.17) is 0 Å². The summed E-state index contributed by atoms with van der Waals surface area (Å²) in [4.78, 5) is 7.74. The second-order valence-electron chi connectivity index (χ2n) is 4.39. The maximum atomic E-state index is 3.92. The predicted octanol–water partition coefficient (Wildman–Crippen LogP) is 0.371. The van der Waals surface area contributed by atoms with Crippen molar-refractivity contribution in [3.63, 3.8) is 0 Å². The van der Waals surface area contributed by atoms with Crippen LogP contribution in [-0.2, 0) is 21.1 Å². The SMILES string of the molecule is Cc1ncn(C)n1.Cc1ncnn1C.Cc1nncn1C. The lowest BCUT2D eigenvalue weighted by atomic mass is 10.7. The van der Waals surface area contributed by atoms with E-state index in [0.29, 0.717) is 0 Å². The van der Waals surface area contributed by atoms with Gasteiger partial charge in [0, 0.05) is 21.1 Å². The van der Waals surface area contributed by atoms with Crippen molar-refractivity contribution in [2.24, 2.45) is 21.1 Å². The predicted molar refractivity (Wildman–Crippen MR) is 77.2 cm³/mol. The van der Waals surface area contributed by atoms with Gasteiger partial charge in [-0.05, 0) is 20.8 Å². The third-order valence-corrected chi connectivity index (χ3v) is 2.59. The molecule has 3 heterocycles. The van der Waals surface area contributed by atoms with Gasteiger partial charge in [0.05, 0.1) is 0 Å². The van der Waals surface area contributed by atoms with Crippen LogP contribution in [0.3, 0.4) is 0 Å². The minimum atomic E-state index is 0.822. The van der Waals surface area contributed by atoms with Crippen LogP contribution in [0.2, 0.25) is 0 Å². The van der Waals surface area contributed by atoms with Crippen molar-refractivity contribution in [2.75, 3.05) is 0 Å². The molecule has 3 rings (SSSR count). The zero-order chi connectivity index (χ0) is 15.8. The molecular formula is C12H21N9. The van der Waals surface area contributed by atoms with E-state index in [1.54, 1.807) is 22.0 Å². The fourth-order valence-corrected chi connectivity index (χ4v) is 1.14. The molecule has 3 aromatic rings. The molecule has 0 unspecified atom stereocenters. The van der Waals surface area contributed by atoms with Gasteiger partial charge in [0.2, 0.25) is 0 Å². The van der Waals surface area contributed by atoms with Crippen LogP contribution in [-0.4, -0.2) is 44.3 Å². The standard InChI is InChI=1S/3C4H7N3/c1-4-6-5-3-7(4)2;1-4-5-3-7(2)6-4;1-4-5-3-6-7(4)2/h3*3H,1-2H3. The highest BCUT2D eigenvalue weighted by atomic mass is 15.3. The van der Waals surface area contributed by atoms with Crippen molar-refractivity contribution in [1.29, 1.82) is 0 Å². The number of aryl methyl sites for hydroxylation is 6. The Morgan fingerprint density at radius 2 is 1.62 bits per heavy atom. The van der Waals surface area contributed by atoms with Crippen LogP contribution in [0.15, 0.2) is 19.0 Å². The summed E-state index contributed by atoms with van der Waals surface area (Å²) in [6, 6.07) is 0. The molecule has 0 saturated heterocycles. The summed E-state index contributed by atoms with van der Waals surface area (Å²) >= 11 is 0. The van der Waals surface area contributed by atoms with Crippen molar-refractivity contribution in [3.8, 4) is 0 Å². The average Bonchev–Trinajstić information content (AvgIpc) is 3.09. The van der Waals surface area contributed by atoms with Gasteiger partial charge in [-0.15, -0.1) is 10.2 Å². The molecule has 0 atom stereocenters. The quantitative estimate of drug-likeness (QED) is 0.594. The fourth-order valence-electron chi connectivity index (χ4n) is 1.14. The Morgan fingerprint density at radius 1 is 0.905 bits per heavy atom. The van der Waals surface area contributed by atoms with Gasteiger partial charge in [0.15, 0.2) is 0 Å². The second-order valence-corrected chi connectivity index (χ2v) is 4.39. The van der Waals surface area contributed by atoms with Crippen LogP contribution in [0.5, 0.6) is 0 Å². The van der Waals surface area contributed by atoms with E-state index >= 15 is 0 Å². The van der Waals surface area contributed by atoms with Gasteiger partial charge >= 0.3 is 0 Å². The molecule has 9 heteroatoms. The molecule has 114 valence electrons. The number of hydrogen-bond acceptors (Lipinski definition) is 6. The summed E-state index contributed by atoms with van der Waals surface area (Å²) in [6.07, 6.45) is 4.89. The van der Waals surface area contributed by atoms with Crippen molar-refractivity contribution >= 4 is 0 Å². The summed E-state index contributed by atoms with van der Waals surface area (Å²) in [5.74, 6) is 2.71. The van der Waals surface area contributed by atoms with E-state index in [-0.39, 0.29) is 0 Å². The first-order valence-electron chi connectivity index (χ1n) is 6.33. The molecule has 0 aromatic carbocycles. The van der Waals surface area contributed by atoms with Crippen molar-refractivity contribution < 1.29 is 0 Å². The molecule has 0 aliphatic rings. The van der Waals surface area contributed by atoms with E-state index < -0.39 is 0 Å². The summed E-state index contributed by atoms with van der Waals surface area (Å²) in [5.41, 5.74) is 0. The maximum Gasteiger partial charge on any atom is 0.147 e. The van der Waals surface area contributed by atoms with E-state index in [1.807, 2.05) is 46.5 Å². The molecule has 0 bridgehead atoms. The number of hydrogen-bond donors (Lipinski definition) is 0. The summed E-state index contributed by atoms with van der Waals surface area (Å²) < 4.78 is 5.26. The Hall–Kier alpha value is -2.58. The lowest BCUT2D eigenvalue weighted by Crippen LogP contribution is -1.91. The van der Waals surface area contributed by atoms with Crippen LogP contribution >= 0.6 is 0 Å². The molecule has 0 amide bonds. The molecule has 0 aliphatic heterocycles. The second kappa shape index (κ2) is 7.88. The van der Waals surface area contributed by atoms with Crippen LogP contribution in [0.1, 0.15) is 17.5 Å². The minimum absolute atomic E-state index is 0.822. The van der Waals surface area contributed by atoms with E-state index in [0.717, 1.165) is 17.5 Å². The fraction of sp³-hybridized carbons (Fsp3) is 0.500. The monoisotopic (exact) mass is 291 g/mol. The molecule has 0 saturated carbocycles. The first kappa shape index (κ1) is 16.5.